The van der Waals surface area contributed by atoms with Gasteiger partial charge in [0.2, 0.25) is 0 Å². The van der Waals surface area contributed by atoms with Crippen LogP contribution in [-0.2, 0) is 20.8 Å². The number of hydrogen-bond donors (Lipinski definition) is 1. The van der Waals surface area contributed by atoms with Gasteiger partial charge in [-0.25, -0.2) is 0 Å². The molecule has 1 aromatic rings. The van der Waals surface area contributed by atoms with Crippen molar-refractivity contribution in [3.63, 3.8) is 0 Å². The lowest BCUT2D eigenvalue weighted by Crippen LogP contribution is -2.50. The summed E-state index contributed by atoms with van der Waals surface area (Å²) in [6.45, 7) is 10.2. The van der Waals surface area contributed by atoms with Gasteiger partial charge in [0.25, 0.3) is 0 Å². The second-order valence-electron chi connectivity index (χ2n) is 7.48. The Labute approximate surface area is 174 Å². The number of aliphatic imine (C=N–C) groups is 1. The van der Waals surface area contributed by atoms with Gasteiger partial charge < -0.3 is 19.7 Å². The van der Waals surface area contributed by atoms with Gasteiger partial charge in [-0.05, 0) is 25.8 Å². The van der Waals surface area contributed by atoms with E-state index in [0.29, 0.717) is 32.0 Å². The fraction of sp³-hybridized carbons (Fsp3) is 0.636. The Bertz CT molecular complexity index is 667. The summed E-state index contributed by atoms with van der Waals surface area (Å²) in [7, 11) is 0. The Balaban J connectivity index is 1.57. The Morgan fingerprint density at radius 2 is 2.10 bits per heavy atom. The lowest BCUT2D eigenvalue weighted by molar-refractivity contribution is -0.143. The molecule has 2 fully saturated rings. The molecule has 0 radical (unpaired) electrons. The van der Waals surface area contributed by atoms with E-state index in [9.17, 15) is 4.79 Å². The molecule has 0 bridgehead atoms. The molecule has 0 saturated carbocycles. The highest BCUT2D eigenvalue weighted by Crippen LogP contribution is 2.24. The number of esters is 1. The van der Waals surface area contributed by atoms with E-state index in [1.807, 2.05) is 6.92 Å². The summed E-state index contributed by atoms with van der Waals surface area (Å²) in [4.78, 5) is 21.1. The summed E-state index contributed by atoms with van der Waals surface area (Å²) in [6, 6.07) is 11.0. The van der Waals surface area contributed by atoms with E-state index >= 15 is 0 Å². The van der Waals surface area contributed by atoms with Crippen molar-refractivity contribution < 1.29 is 14.3 Å². The van der Waals surface area contributed by atoms with Crippen molar-refractivity contribution in [2.45, 2.75) is 45.4 Å². The highest BCUT2D eigenvalue weighted by molar-refractivity contribution is 5.80. The summed E-state index contributed by atoms with van der Waals surface area (Å²) in [6.07, 6.45) is 1.32. The second-order valence-corrected chi connectivity index (χ2v) is 7.48. The number of morpholine rings is 1. The molecule has 2 atom stereocenters. The van der Waals surface area contributed by atoms with Crippen LogP contribution >= 0.6 is 0 Å². The number of hydrogen-bond acceptors (Lipinski definition) is 5. The van der Waals surface area contributed by atoms with E-state index in [1.54, 1.807) is 0 Å². The number of benzene rings is 1. The summed E-state index contributed by atoms with van der Waals surface area (Å²) in [5.74, 6) is 0.763. The molecule has 7 nitrogen and oxygen atoms in total. The van der Waals surface area contributed by atoms with Crippen molar-refractivity contribution in [1.29, 1.82) is 0 Å². The first-order valence-corrected chi connectivity index (χ1v) is 10.8. The van der Waals surface area contributed by atoms with Crippen LogP contribution in [0.1, 0.15) is 32.3 Å². The molecule has 3 rings (SSSR count). The van der Waals surface area contributed by atoms with E-state index in [-0.39, 0.29) is 12.1 Å². The standard InChI is InChI=1S/C22H34N4O3/c1-3-23-22(24-12-8-11-21(27)28-4-2)26-16-19-20(17-26)29-14-13-25(19)15-18-9-6-5-7-10-18/h5-7,9-10,19-20H,3-4,8,11-17H2,1-2H3,(H,23,24). The fourth-order valence-electron chi connectivity index (χ4n) is 4.01. The average Bonchev–Trinajstić information content (AvgIpc) is 3.16. The van der Waals surface area contributed by atoms with Crippen LogP contribution in [0.3, 0.4) is 0 Å². The zero-order valence-corrected chi connectivity index (χ0v) is 17.7. The maximum absolute atomic E-state index is 11.5. The predicted octanol–water partition coefficient (Wildman–Crippen LogP) is 1.88. The van der Waals surface area contributed by atoms with E-state index in [4.69, 9.17) is 14.5 Å². The van der Waals surface area contributed by atoms with Gasteiger partial charge in [-0.3, -0.25) is 14.7 Å². The normalized spacial score (nSPS) is 22.4. The van der Waals surface area contributed by atoms with Crippen molar-refractivity contribution >= 4 is 11.9 Å². The van der Waals surface area contributed by atoms with Gasteiger partial charge >= 0.3 is 5.97 Å². The Hall–Kier alpha value is -2.12. The highest BCUT2D eigenvalue weighted by atomic mass is 16.5. The quantitative estimate of drug-likeness (QED) is 0.310. The number of likely N-dealkylation sites (tertiary alicyclic amines) is 1. The molecule has 0 aromatic heterocycles. The van der Waals surface area contributed by atoms with Crippen LogP contribution in [0.2, 0.25) is 0 Å². The molecule has 2 aliphatic heterocycles. The van der Waals surface area contributed by atoms with Gasteiger partial charge in [0.1, 0.15) is 0 Å². The highest BCUT2D eigenvalue weighted by Gasteiger charge is 2.41. The number of guanidine groups is 1. The third-order valence-electron chi connectivity index (χ3n) is 5.39. The molecule has 2 unspecified atom stereocenters. The number of carbonyl (C=O) groups is 1. The molecule has 0 aliphatic carbocycles. The SMILES string of the molecule is CCNC(=NCCCC(=O)OCC)N1CC2OCCN(Cc3ccccc3)C2C1. The number of rotatable bonds is 8. The van der Waals surface area contributed by atoms with Crippen molar-refractivity contribution in [2.24, 2.45) is 4.99 Å². The van der Waals surface area contributed by atoms with Crippen LogP contribution in [0.4, 0.5) is 0 Å². The van der Waals surface area contributed by atoms with E-state index in [0.717, 1.165) is 45.3 Å². The van der Waals surface area contributed by atoms with Gasteiger partial charge in [0, 0.05) is 45.7 Å². The third kappa shape index (κ3) is 6.18. The molecule has 7 heteroatoms. The van der Waals surface area contributed by atoms with Crippen molar-refractivity contribution in [1.82, 2.24) is 15.1 Å². The van der Waals surface area contributed by atoms with Gasteiger partial charge in [-0.15, -0.1) is 0 Å². The van der Waals surface area contributed by atoms with Gasteiger partial charge in [0.05, 0.1) is 25.4 Å². The van der Waals surface area contributed by atoms with Crippen LogP contribution in [-0.4, -0.2) is 79.8 Å². The third-order valence-corrected chi connectivity index (χ3v) is 5.39. The first kappa shape index (κ1) is 21.6. The molecule has 1 aromatic carbocycles. The monoisotopic (exact) mass is 402 g/mol. The fourth-order valence-corrected chi connectivity index (χ4v) is 4.01. The van der Waals surface area contributed by atoms with E-state index in [2.05, 4.69) is 52.4 Å². The topological polar surface area (TPSA) is 66.4 Å². The van der Waals surface area contributed by atoms with Crippen molar-refractivity contribution in [2.75, 3.05) is 45.9 Å². The number of fused-ring (bicyclic) bond motifs is 1. The van der Waals surface area contributed by atoms with Crippen LogP contribution in [0.25, 0.3) is 0 Å². The largest absolute Gasteiger partial charge is 0.466 e. The van der Waals surface area contributed by atoms with Crippen LogP contribution in [0.5, 0.6) is 0 Å². The zero-order chi connectivity index (χ0) is 20.5. The molecular weight excluding hydrogens is 368 g/mol. The number of nitrogens with zero attached hydrogens (tertiary/aromatic N) is 3. The minimum atomic E-state index is -0.148. The first-order valence-electron chi connectivity index (χ1n) is 10.8. The molecule has 160 valence electrons. The average molecular weight is 403 g/mol. The van der Waals surface area contributed by atoms with Gasteiger partial charge in [-0.2, -0.15) is 0 Å². The number of carbonyl (C=O) groups excluding carboxylic acids is 1. The summed E-state index contributed by atoms with van der Waals surface area (Å²) >= 11 is 0. The van der Waals surface area contributed by atoms with Crippen LogP contribution < -0.4 is 5.32 Å². The van der Waals surface area contributed by atoms with Crippen LogP contribution in [0, 0.1) is 0 Å². The Kier molecular flexibility index (Phi) is 8.31. The predicted molar refractivity (Wildman–Crippen MR) is 114 cm³/mol. The summed E-state index contributed by atoms with van der Waals surface area (Å²) in [5.41, 5.74) is 1.34. The lowest BCUT2D eigenvalue weighted by Gasteiger charge is -2.36. The second kappa shape index (κ2) is 11.2. The lowest BCUT2D eigenvalue weighted by atomic mass is 10.1. The van der Waals surface area contributed by atoms with Crippen LogP contribution in [0.15, 0.2) is 35.3 Å². The Morgan fingerprint density at radius 1 is 1.28 bits per heavy atom. The van der Waals surface area contributed by atoms with E-state index in [1.165, 1.54) is 5.56 Å². The molecule has 1 N–H and O–H groups in total. The molecular formula is C22H34N4O3. The summed E-state index contributed by atoms with van der Waals surface area (Å²) < 4.78 is 11.1. The van der Waals surface area contributed by atoms with Crippen molar-refractivity contribution in [3.8, 4) is 0 Å². The maximum Gasteiger partial charge on any atom is 0.305 e. The molecule has 29 heavy (non-hydrogen) atoms. The molecule has 2 aliphatic rings. The van der Waals surface area contributed by atoms with E-state index < -0.39 is 0 Å². The first-order chi connectivity index (χ1) is 14.2. The molecule has 0 amide bonds. The van der Waals surface area contributed by atoms with Gasteiger partial charge in [-0.1, -0.05) is 30.3 Å². The smallest absolute Gasteiger partial charge is 0.305 e. The minimum absolute atomic E-state index is 0.148. The maximum atomic E-state index is 11.5. The van der Waals surface area contributed by atoms with Gasteiger partial charge in [0.15, 0.2) is 5.96 Å². The minimum Gasteiger partial charge on any atom is -0.466 e. The summed E-state index contributed by atoms with van der Waals surface area (Å²) in [5, 5.41) is 3.40. The van der Waals surface area contributed by atoms with Crippen molar-refractivity contribution in [3.05, 3.63) is 35.9 Å². The molecule has 0 spiro atoms. The number of nitrogens with one attached hydrogen (secondary N) is 1. The zero-order valence-electron chi connectivity index (χ0n) is 17.7. The molecule has 2 heterocycles. The Morgan fingerprint density at radius 3 is 2.86 bits per heavy atom. The number of ether oxygens (including phenoxy) is 2. The molecule has 2 saturated heterocycles.